The number of hydrogen-bond acceptors (Lipinski definition) is 2. The van der Waals surface area contributed by atoms with Gasteiger partial charge in [-0.2, -0.15) is 0 Å². The lowest BCUT2D eigenvalue weighted by Gasteiger charge is -2.30. The molecule has 1 aliphatic heterocycles. The molecule has 1 heterocycles. The van der Waals surface area contributed by atoms with Gasteiger partial charge in [-0.25, -0.2) is 4.79 Å². The van der Waals surface area contributed by atoms with Crippen molar-refractivity contribution in [2.24, 2.45) is 11.7 Å². The fourth-order valence-electron chi connectivity index (χ4n) is 2.34. The summed E-state index contributed by atoms with van der Waals surface area (Å²) in [5, 5.41) is 3.00. The molecule has 4 nitrogen and oxygen atoms in total. The van der Waals surface area contributed by atoms with Gasteiger partial charge in [-0.3, -0.25) is 0 Å². The van der Waals surface area contributed by atoms with E-state index in [0.717, 1.165) is 48.7 Å². The summed E-state index contributed by atoms with van der Waals surface area (Å²) in [7, 11) is 0. The molecule has 0 aromatic heterocycles. The second kappa shape index (κ2) is 6.06. The number of benzene rings is 1. The van der Waals surface area contributed by atoms with Gasteiger partial charge in [0, 0.05) is 25.3 Å². The normalized spacial score (nSPS) is 16.5. The molecule has 0 saturated carbocycles. The van der Waals surface area contributed by atoms with Crippen LogP contribution in [0.25, 0.3) is 0 Å². The Labute approximate surface area is 115 Å². The Morgan fingerprint density at radius 3 is 2.74 bits per heavy atom. The molecule has 0 bridgehead atoms. The Morgan fingerprint density at radius 1 is 1.42 bits per heavy atom. The third-order valence-corrected chi connectivity index (χ3v) is 3.85. The molecule has 0 unspecified atom stereocenters. The van der Waals surface area contributed by atoms with Crippen LogP contribution >= 0.6 is 0 Å². The monoisotopic (exact) mass is 261 g/mol. The summed E-state index contributed by atoms with van der Waals surface area (Å²) in [5.41, 5.74) is 8.60. The van der Waals surface area contributed by atoms with Crippen LogP contribution in [0.4, 0.5) is 10.5 Å². The molecule has 1 saturated heterocycles. The summed E-state index contributed by atoms with van der Waals surface area (Å²) in [4.78, 5) is 14.1. The van der Waals surface area contributed by atoms with Crippen LogP contribution in [0, 0.1) is 12.8 Å². The number of aryl methyl sites for hydroxylation is 1. The van der Waals surface area contributed by atoms with Crippen molar-refractivity contribution in [1.29, 1.82) is 0 Å². The van der Waals surface area contributed by atoms with E-state index in [9.17, 15) is 4.79 Å². The van der Waals surface area contributed by atoms with E-state index in [0.29, 0.717) is 6.54 Å². The number of nitrogens with two attached hydrogens (primary N) is 1. The molecule has 0 spiro atoms. The molecule has 1 aromatic carbocycles. The topological polar surface area (TPSA) is 58.4 Å². The largest absolute Gasteiger partial charge is 0.326 e. The van der Waals surface area contributed by atoms with Crippen molar-refractivity contribution in [2.75, 3.05) is 18.4 Å². The molecule has 1 fully saturated rings. The molecule has 3 N–H and O–H groups in total. The quantitative estimate of drug-likeness (QED) is 0.860. The van der Waals surface area contributed by atoms with Crippen LogP contribution in [0.1, 0.15) is 30.9 Å². The molecule has 2 amide bonds. The maximum absolute atomic E-state index is 12.2. The number of nitrogens with one attached hydrogen (secondary N) is 1. The van der Waals surface area contributed by atoms with Crippen molar-refractivity contribution in [3.05, 3.63) is 29.3 Å². The molecule has 104 valence electrons. The number of carbonyl (C=O) groups is 1. The standard InChI is InChI=1S/C15H23N3O/c1-11-5-7-18(8-6-11)15(19)17-14-9-13(10-16)4-3-12(14)2/h3-4,9,11H,5-8,10,16H2,1-2H3,(H,17,19). The number of hydrogen-bond donors (Lipinski definition) is 2. The van der Waals surface area contributed by atoms with Crippen molar-refractivity contribution in [3.63, 3.8) is 0 Å². The van der Waals surface area contributed by atoms with Gasteiger partial charge in [0.15, 0.2) is 0 Å². The van der Waals surface area contributed by atoms with Gasteiger partial charge in [0.05, 0.1) is 0 Å². The third kappa shape index (κ3) is 3.47. The van der Waals surface area contributed by atoms with E-state index in [4.69, 9.17) is 5.73 Å². The van der Waals surface area contributed by atoms with Gasteiger partial charge < -0.3 is 16.0 Å². The average Bonchev–Trinajstić information content (AvgIpc) is 2.42. The number of carbonyl (C=O) groups excluding carboxylic acids is 1. The Kier molecular flexibility index (Phi) is 4.43. The summed E-state index contributed by atoms with van der Waals surface area (Å²) in [5.74, 6) is 0.728. The van der Waals surface area contributed by atoms with E-state index in [1.165, 1.54) is 0 Å². The molecule has 0 aliphatic carbocycles. The second-order valence-electron chi connectivity index (χ2n) is 5.45. The Morgan fingerprint density at radius 2 is 2.11 bits per heavy atom. The lowest BCUT2D eigenvalue weighted by atomic mass is 10.00. The summed E-state index contributed by atoms with van der Waals surface area (Å²) in [6, 6.07) is 5.95. The zero-order valence-corrected chi connectivity index (χ0v) is 11.8. The Hall–Kier alpha value is -1.55. The minimum atomic E-state index is 0.00386. The predicted octanol–water partition coefficient (Wildman–Crippen LogP) is 2.72. The first-order chi connectivity index (χ1) is 9.10. The van der Waals surface area contributed by atoms with Crippen LogP contribution < -0.4 is 11.1 Å². The zero-order chi connectivity index (χ0) is 13.8. The van der Waals surface area contributed by atoms with Crippen molar-refractivity contribution < 1.29 is 4.79 Å². The predicted molar refractivity (Wildman–Crippen MR) is 78.1 cm³/mol. The van der Waals surface area contributed by atoms with Crippen LogP contribution in [0.3, 0.4) is 0 Å². The smallest absolute Gasteiger partial charge is 0.321 e. The minimum Gasteiger partial charge on any atom is -0.326 e. The van der Waals surface area contributed by atoms with Crippen molar-refractivity contribution in [2.45, 2.75) is 33.2 Å². The Balaban J connectivity index is 2.02. The van der Waals surface area contributed by atoms with Crippen LogP contribution in [0.2, 0.25) is 0 Å². The summed E-state index contributed by atoms with van der Waals surface area (Å²) >= 11 is 0. The van der Waals surface area contributed by atoms with E-state index in [1.807, 2.05) is 30.0 Å². The van der Waals surface area contributed by atoms with E-state index in [-0.39, 0.29) is 6.03 Å². The second-order valence-corrected chi connectivity index (χ2v) is 5.45. The minimum absolute atomic E-state index is 0.00386. The van der Waals surface area contributed by atoms with Gasteiger partial charge in [-0.15, -0.1) is 0 Å². The number of nitrogens with zero attached hydrogens (tertiary/aromatic N) is 1. The molecule has 0 radical (unpaired) electrons. The maximum atomic E-state index is 12.2. The van der Waals surface area contributed by atoms with Crippen molar-refractivity contribution >= 4 is 11.7 Å². The van der Waals surface area contributed by atoms with Gasteiger partial charge >= 0.3 is 6.03 Å². The van der Waals surface area contributed by atoms with Gasteiger partial charge in [0.2, 0.25) is 0 Å². The fraction of sp³-hybridized carbons (Fsp3) is 0.533. The molecule has 2 rings (SSSR count). The van der Waals surface area contributed by atoms with Crippen LogP contribution in [0.5, 0.6) is 0 Å². The summed E-state index contributed by atoms with van der Waals surface area (Å²) in [6.45, 7) is 6.42. The molecular weight excluding hydrogens is 238 g/mol. The lowest BCUT2D eigenvalue weighted by molar-refractivity contribution is 0.186. The highest BCUT2D eigenvalue weighted by atomic mass is 16.2. The Bertz CT molecular complexity index is 451. The fourth-order valence-corrected chi connectivity index (χ4v) is 2.34. The van der Waals surface area contributed by atoms with E-state index in [1.54, 1.807) is 0 Å². The molecule has 19 heavy (non-hydrogen) atoms. The van der Waals surface area contributed by atoms with E-state index < -0.39 is 0 Å². The van der Waals surface area contributed by atoms with Gasteiger partial charge in [0.1, 0.15) is 0 Å². The van der Waals surface area contributed by atoms with Crippen molar-refractivity contribution in [1.82, 2.24) is 4.90 Å². The summed E-state index contributed by atoms with van der Waals surface area (Å²) in [6.07, 6.45) is 2.19. The number of urea groups is 1. The molecule has 1 aromatic rings. The number of amides is 2. The number of likely N-dealkylation sites (tertiary alicyclic amines) is 1. The third-order valence-electron chi connectivity index (χ3n) is 3.85. The number of piperidine rings is 1. The highest BCUT2D eigenvalue weighted by Gasteiger charge is 2.20. The van der Waals surface area contributed by atoms with Crippen LogP contribution in [-0.4, -0.2) is 24.0 Å². The zero-order valence-electron chi connectivity index (χ0n) is 11.8. The first kappa shape index (κ1) is 13.9. The molecular formula is C15H23N3O. The van der Waals surface area contributed by atoms with Gasteiger partial charge in [-0.05, 0) is 42.9 Å². The molecule has 4 heteroatoms. The van der Waals surface area contributed by atoms with Crippen LogP contribution in [0.15, 0.2) is 18.2 Å². The molecule has 0 atom stereocenters. The first-order valence-corrected chi connectivity index (χ1v) is 6.95. The van der Waals surface area contributed by atoms with E-state index in [2.05, 4.69) is 12.2 Å². The molecule has 1 aliphatic rings. The summed E-state index contributed by atoms with van der Waals surface area (Å²) < 4.78 is 0. The maximum Gasteiger partial charge on any atom is 0.321 e. The van der Waals surface area contributed by atoms with Gasteiger partial charge in [0.25, 0.3) is 0 Å². The van der Waals surface area contributed by atoms with Gasteiger partial charge in [-0.1, -0.05) is 19.1 Å². The highest BCUT2D eigenvalue weighted by Crippen LogP contribution is 2.20. The number of rotatable bonds is 2. The lowest BCUT2D eigenvalue weighted by Crippen LogP contribution is -2.40. The number of anilines is 1. The van der Waals surface area contributed by atoms with Crippen LogP contribution in [-0.2, 0) is 6.54 Å². The van der Waals surface area contributed by atoms with E-state index >= 15 is 0 Å². The van der Waals surface area contributed by atoms with Crippen molar-refractivity contribution in [3.8, 4) is 0 Å². The SMILES string of the molecule is Cc1ccc(CN)cc1NC(=O)N1CCC(C)CC1. The highest BCUT2D eigenvalue weighted by molar-refractivity contribution is 5.90. The average molecular weight is 261 g/mol. The first-order valence-electron chi connectivity index (χ1n) is 6.95.